The van der Waals surface area contributed by atoms with Crippen LogP contribution in [0.5, 0.6) is 0 Å². The second kappa shape index (κ2) is 5.38. The van der Waals surface area contributed by atoms with Crippen LogP contribution < -0.4 is 0 Å². The summed E-state index contributed by atoms with van der Waals surface area (Å²) in [6, 6.07) is 0. The van der Waals surface area contributed by atoms with Gasteiger partial charge in [-0.05, 0) is 6.42 Å². The van der Waals surface area contributed by atoms with E-state index in [0.717, 1.165) is 0 Å². The average molecular weight is 172 g/mol. The molecular formula is C7H12F4. The van der Waals surface area contributed by atoms with Crippen molar-refractivity contribution in [1.29, 1.82) is 0 Å². The smallest absolute Gasteiger partial charge is 0.241 e. The van der Waals surface area contributed by atoms with E-state index < -0.39 is 25.2 Å². The number of rotatable bonds is 5. The van der Waals surface area contributed by atoms with Gasteiger partial charge in [0.2, 0.25) is 6.43 Å². The molecule has 0 saturated heterocycles. The Balaban J connectivity index is 3.54. The maximum absolute atomic E-state index is 12.4. The van der Waals surface area contributed by atoms with Crippen molar-refractivity contribution in [2.75, 3.05) is 0 Å². The van der Waals surface area contributed by atoms with Crippen molar-refractivity contribution in [3.63, 3.8) is 0 Å². The highest BCUT2D eigenvalue weighted by Gasteiger charge is 2.23. The Kier molecular flexibility index (Phi) is 5.24. The molecule has 4 heteroatoms. The van der Waals surface area contributed by atoms with E-state index in [1.165, 1.54) is 0 Å². The third-order valence-corrected chi connectivity index (χ3v) is 1.36. The fourth-order valence-corrected chi connectivity index (χ4v) is 0.774. The maximum atomic E-state index is 12.4. The number of alkyl halides is 4. The molecule has 0 aromatic heterocycles. The monoisotopic (exact) mass is 172 g/mol. The summed E-state index contributed by atoms with van der Waals surface area (Å²) < 4.78 is 47.8. The zero-order valence-corrected chi connectivity index (χ0v) is 6.37. The van der Waals surface area contributed by atoms with E-state index in [0.29, 0.717) is 6.42 Å². The van der Waals surface area contributed by atoms with Gasteiger partial charge in [0.05, 0.1) is 0 Å². The van der Waals surface area contributed by atoms with Crippen molar-refractivity contribution in [2.45, 2.75) is 45.0 Å². The van der Waals surface area contributed by atoms with Crippen LogP contribution in [0.15, 0.2) is 0 Å². The van der Waals surface area contributed by atoms with E-state index in [-0.39, 0.29) is 6.42 Å². The van der Waals surface area contributed by atoms with E-state index in [1.54, 1.807) is 6.92 Å². The third kappa shape index (κ3) is 5.04. The normalized spacial score (nSPS) is 16.9. The fourth-order valence-electron chi connectivity index (χ4n) is 0.774. The molecule has 68 valence electrons. The quantitative estimate of drug-likeness (QED) is 0.559. The van der Waals surface area contributed by atoms with Gasteiger partial charge in [-0.2, -0.15) is 0 Å². The van der Waals surface area contributed by atoms with Crippen LogP contribution in [-0.4, -0.2) is 18.8 Å². The summed E-state index contributed by atoms with van der Waals surface area (Å²) in [4.78, 5) is 0. The SMILES string of the molecule is CCCC(F)[C@@H](F)CC(F)F. The van der Waals surface area contributed by atoms with Crippen molar-refractivity contribution >= 4 is 0 Å². The summed E-state index contributed by atoms with van der Waals surface area (Å²) in [5, 5.41) is 0. The summed E-state index contributed by atoms with van der Waals surface area (Å²) >= 11 is 0. The van der Waals surface area contributed by atoms with Gasteiger partial charge in [0.15, 0.2) is 0 Å². The third-order valence-electron chi connectivity index (χ3n) is 1.36. The molecule has 0 nitrogen and oxygen atoms in total. The molecule has 0 aliphatic heterocycles. The van der Waals surface area contributed by atoms with Gasteiger partial charge in [-0.1, -0.05) is 13.3 Å². The molecule has 0 fully saturated rings. The predicted molar refractivity (Wildman–Crippen MR) is 35.3 cm³/mol. The predicted octanol–water partition coefficient (Wildman–Crippen LogP) is 3.12. The molecule has 0 aliphatic carbocycles. The zero-order chi connectivity index (χ0) is 8.85. The molecule has 0 aliphatic rings. The highest BCUT2D eigenvalue weighted by molar-refractivity contribution is 4.68. The molecule has 0 spiro atoms. The Morgan fingerprint density at radius 3 is 1.91 bits per heavy atom. The van der Waals surface area contributed by atoms with Crippen LogP contribution in [0.1, 0.15) is 26.2 Å². The second-order valence-corrected chi connectivity index (χ2v) is 2.45. The fraction of sp³-hybridized carbons (Fsp3) is 1.00. The van der Waals surface area contributed by atoms with Crippen LogP contribution in [0.2, 0.25) is 0 Å². The minimum absolute atomic E-state index is 0.0217. The highest BCUT2D eigenvalue weighted by Crippen LogP contribution is 2.17. The van der Waals surface area contributed by atoms with Crippen LogP contribution in [0.4, 0.5) is 17.6 Å². The Bertz CT molecular complexity index is 94.4. The zero-order valence-electron chi connectivity index (χ0n) is 6.37. The van der Waals surface area contributed by atoms with Gasteiger partial charge in [0.25, 0.3) is 0 Å². The van der Waals surface area contributed by atoms with E-state index in [1.807, 2.05) is 0 Å². The molecule has 1 unspecified atom stereocenters. The van der Waals surface area contributed by atoms with E-state index in [9.17, 15) is 17.6 Å². The molecule has 0 N–H and O–H groups in total. The summed E-state index contributed by atoms with van der Waals surface area (Å²) in [6.45, 7) is 1.68. The first-order valence-electron chi connectivity index (χ1n) is 3.64. The molecule has 0 amide bonds. The lowest BCUT2D eigenvalue weighted by Crippen LogP contribution is -2.19. The Hall–Kier alpha value is -0.280. The lowest BCUT2D eigenvalue weighted by molar-refractivity contribution is 0.0615. The maximum Gasteiger partial charge on any atom is 0.241 e. The number of hydrogen-bond donors (Lipinski definition) is 0. The van der Waals surface area contributed by atoms with Gasteiger partial charge in [-0.25, -0.2) is 17.6 Å². The standard InChI is InChI=1S/C7H12F4/c1-2-3-5(8)6(9)4-7(10)11/h5-7H,2-4H2,1H3/t5?,6-/m0/s1. The van der Waals surface area contributed by atoms with Crippen molar-refractivity contribution < 1.29 is 17.6 Å². The number of halogens is 4. The Labute approximate surface area is 63.6 Å². The van der Waals surface area contributed by atoms with Gasteiger partial charge in [-0.15, -0.1) is 0 Å². The number of hydrogen-bond acceptors (Lipinski definition) is 0. The second-order valence-electron chi connectivity index (χ2n) is 2.45. The van der Waals surface area contributed by atoms with Crippen molar-refractivity contribution in [2.24, 2.45) is 0 Å². The van der Waals surface area contributed by atoms with Crippen LogP contribution in [-0.2, 0) is 0 Å². The summed E-state index contributed by atoms with van der Waals surface area (Å²) in [6.07, 6.45) is -6.97. The lowest BCUT2D eigenvalue weighted by Gasteiger charge is -2.11. The average Bonchev–Trinajstić information content (AvgIpc) is 1.86. The van der Waals surface area contributed by atoms with E-state index in [4.69, 9.17) is 0 Å². The van der Waals surface area contributed by atoms with Gasteiger partial charge in [0, 0.05) is 6.42 Å². The van der Waals surface area contributed by atoms with Crippen molar-refractivity contribution in [3.05, 3.63) is 0 Å². The van der Waals surface area contributed by atoms with Crippen LogP contribution in [0, 0.1) is 0 Å². The lowest BCUT2D eigenvalue weighted by atomic mass is 10.1. The molecule has 0 radical (unpaired) electrons. The summed E-state index contributed by atoms with van der Waals surface area (Å²) in [5.41, 5.74) is 0. The molecule has 0 heterocycles. The molecule has 2 atom stereocenters. The Morgan fingerprint density at radius 2 is 1.55 bits per heavy atom. The molecule has 0 saturated carbocycles. The molecule has 0 aromatic carbocycles. The van der Waals surface area contributed by atoms with Crippen molar-refractivity contribution in [3.8, 4) is 0 Å². The minimum Gasteiger partial charge on any atom is -0.244 e. The summed E-state index contributed by atoms with van der Waals surface area (Å²) in [5.74, 6) is 0. The molecule has 0 rings (SSSR count). The van der Waals surface area contributed by atoms with E-state index in [2.05, 4.69) is 0 Å². The molecular weight excluding hydrogens is 160 g/mol. The first kappa shape index (κ1) is 10.7. The highest BCUT2D eigenvalue weighted by atomic mass is 19.3. The van der Waals surface area contributed by atoms with Crippen molar-refractivity contribution in [1.82, 2.24) is 0 Å². The molecule has 11 heavy (non-hydrogen) atoms. The van der Waals surface area contributed by atoms with Crippen LogP contribution in [0.25, 0.3) is 0 Å². The topological polar surface area (TPSA) is 0 Å². The summed E-state index contributed by atoms with van der Waals surface area (Å²) in [7, 11) is 0. The molecule has 0 aromatic rings. The van der Waals surface area contributed by atoms with Gasteiger partial charge in [-0.3, -0.25) is 0 Å². The van der Waals surface area contributed by atoms with Crippen LogP contribution >= 0.6 is 0 Å². The first-order valence-corrected chi connectivity index (χ1v) is 3.64. The molecule has 0 bridgehead atoms. The van der Waals surface area contributed by atoms with Crippen LogP contribution in [0.3, 0.4) is 0 Å². The van der Waals surface area contributed by atoms with Gasteiger partial charge in [0.1, 0.15) is 12.3 Å². The minimum atomic E-state index is -2.75. The first-order chi connectivity index (χ1) is 5.07. The van der Waals surface area contributed by atoms with Gasteiger partial charge < -0.3 is 0 Å². The largest absolute Gasteiger partial charge is 0.244 e. The van der Waals surface area contributed by atoms with E-state index >= 15 is 0 Å². The van der Waals surface area contributed by atoms with Gasteiger partial charge >= 0.3 is 0 Å². The Morgan fingerprint density at radius 1 is 1.00 bits per heavy atom.